The molecule has 1 aromatic carbocycles. The molecule has 3 rings (SSSR count). The summed E-state index contributed by atoms with van der Waals surface area (Å²) >= 11 is 0. The van der Waals surface area contributed by atoms with Crippen LogP contribution >= 0.6 is 0 Å². The molecule has 0 unspecified atom stereocenters. The van der Waals surface area contributed by atoms with Gasteiger partial charge >= 0.3 is 0 Å². The van der Waals surface area contributed by atoms with Gasteiger partial charge in [0.15, 0.2) is 5.69 Å². The van der Waals surface area contributed by atoms with Gasteiger partial charge in [-0.05, 0) is 25.1 Å². The zero-order chi connectivity index (χ0) is 16.2. The highest BCUT2D eigenvalue weighted by Gasteiger charge is 2.13. The number of nitrogens with one attached hydrogen (secondary N) is 1. The molecule has 8 heteroatoms. The van der Waals surface area contributed by atoms with Crippen molar-refractivity contribution >= 4 is 5.91 Å². The molecular weight excluding hydrogens is 298 g/mol. The fourth-order valence-corrected chi connectivity index (χ4v) is 1.89. The number of nitriles is 1. The van der Waals surface area contributed by atoms with Crippen LogP contribution in [0.3, 0.4) is 0 Å². The summed E-state index contributed by atoms with van der Waals surface area (Å²) in [6.45, 7) is 1.83. The van der Waals surface area contributed by atoms with Gasteiger partial charge in [0.05, 0.1) is 18.2 Å². The fraction of sp³-hybridized carbons (Fsp3) is 0.133. The van der Waals surface area contributed by atoms with Crippen molar-refractivity contribution in [3.8, 4) is 17.6 Å². The summed E-state index contributed by atoms with van der Waals surface area (Å²) in [6.07, 6.45) is 0. The number of benzene rings is 1. The Balaban J connectivity index is 1.65. The molecular formula is C15H11N5O3. The molecule has 0 radical (unpaired) electrons. The van der Waals surface area contributed by atoms with Crippen molar-refractivity contribution in [1.82, 2.24) is 20.6 Å². The van der Waals surface area contributed by atoms with Gasteiger partial charge in [-0.2, -0.15) is 10.2 Å². The van der Waals surface area contributed by atoms with Crippen molar-refractivity contribution in [2.45, 2.75) is 13.5 Å². The van der Waals surface area contributed by atoms with E-state index in [1.165, 1.54) is 6.07 Å². The third-order valence-corrected chi connectivity index (χ3v) is 2.98. The molecule has 23 heavy (non-hydrogen) atoms. The standard InChI is InChI=1S/C15H11N5O3/c1-9-5-12(19-22-9)14-18-13(23-20-14)8-17-15(21)11-4-2-3-10(6-11)7-16/h2-6H,8H2,1H3,(H,17,21). The van der Waals surface area contributed by atoms with Crippen LogP contribution in [-0.4, -0.2) is 21.2 Å². The molecule has 0 saturated carbocycles. The van der Waals surface area contributed by atoms with Crippen LogP contribution < -0.4 is 5.32 Å². The first-order valence-corrected chi connectivity index (χ1v) is 6.70. The highest BCUT2D eigenvalue weighted by molar-refractivity contribution is 5.94. The number of nitrogens with zero attached hydrogens (tertiary/aromatic N) is 4. The van der Waals surface area contributed by atoms with E-state index in [4.69, 9.17) is 14.3 Å². The topological polar surface area (TPSA) is 118 Å². The summed E-state index contributed by atoms with van der Waals surface area (Å²) in [5, 5.41) is 19.0. The van der Waals surface area contributed by atoms with Crippen molar-refractivity contribution in [3.63, 3.8) is 0 Å². The number of hydrogen-bond acceptors (Lipinski definition) is 7. The number of aromatic nitrogens is 3. The third-order valence-electron chi connectivity index (χ3n) is 2.98. The average Bonchev–Trinajstić information content (AvgIpc) is 3.21. The summed E-state index contributed by atoms with van der Waals surface area (Å²) in [5.74, 6) is 0.833. The molecule has 2 aromatic heterocycles. The van der Waals surface area contributed by atoms with Gasteiger partial charge in [-0.1, -0.05) is 16.4 Å². The van der Waals surface area contributed by atoms with Crippen LogP contribution in [0.4, 0.5) is 0 Å². The molecule has 0 fully saturated rings. The van der Waals surface area contributed by atoms with E-state index in [1.54, 1.807) is 31.2 Å². The van der Waals surface area contributed by atoms with Gasteiger partial charge in [-0.3, -0.25) is 4.79 Å². The maximum atomic E-state index is 12.0. The normalized spacial score (nSPS) is 10.3. The molecule has 0 aliphatic carbocycles. The second-order valence-corrected chi connectivity index (χ2v) is 4.71. The van der Waals surface area contributed by atoms with E-state index >= 15 is 0 Å². The smallest absolute Gasteiger partial charge is 0.251 e. The van der Waals surface area contributed by atoms with Crippen LogP contribution in [0, 0.1) is 18.3 Å². The minimum Gasteiger partial charge on any atom is -0.361 e. The summed E-state index contributed by atoms with van der Waals surface area (Å²) < 4.78 is 9.99. The predicted molar refractivity (Wildman–Crippen MR) is 76.9 cm³/mol. The Morgan fingerprint density at radius 2 is 2.17 bits per heavy atom. The van der Waals surface area contributed by atoms with Gasteiger partial charge in [0.25, 0.3) is 5.91 Å². The quantitative estimate of drug-likeness (QED) is 0.781. The monoisotopic (exact) mass is 309 g/mol. The predicted octanol–water partition coefficient (Wildman–Crippen LogP) is 1.83. The fourth-order valence-electron chi connectivity index (χ4n) is 1.89. The van der Waals surface area contributed by atoms with Crippen molar-refractivity contribution in [3.05, 3.63) is 53.1 Å². The van der Waals surface area contributed by atoms with E-state index in [-0.39, 0.29) is 24.2 Å². The molecule has 2 heterocycles. The number of amides is 1. The van der Waals surface area contributed by atoms with Crippen LogP contribution in [-0.2, 0) is 6.54 Å². The number of rotatable bonds is 4. The maximum absolute atomic E-state index is 12.0. The zero-order valence-electron chi connectivity index (χ0n) is 12.1. The minimum atomic E-state index is -0.334. The molecule has 8 nitrogen and oxygen atoms in total. The Hall–Kier alpha value is -3.47. The Labute approximate surface area is 130 Å². The third kappa shape index (κ3) is 3.24. The summed E-state index contributed by atoms with van der Waals surface area (Å²) in [6, 6.07) is 10.1. The van der Waals surface area contributed by atoms with E-state index < -0.39 is 0 Å². The van der Waals surface area contributed by atoms with Gasteiger partial charge in [0.1, 0.15) is 5.76 Å². The second-order valence-electron chi connectivity index (χ2n) is 4.71. The van der Waals surface area contributed by atoms with Gasteiger partial charge < -0.3 is 14.4 Å². The summed E-state index contributed by atoms with van der Waals surface area (Å²) in [4.78, 5) is 16.2. The number of carbonyl (C=O) groups is 1. The number of hydrogen-bond donors (Lipinski definition) is 1. The maximum Gasteiger partial charge on any atom is 0.251 e. The molecule has 0 spiro atoms. The first kappa shape index (κ1) is 14.5. The lowest BCUT2D eigenvalue weighted by Gasteiger charge is -2.02. The number of aryl methyl sites for hydroxylation is 1. The molecule has 0 saturated heterocycles. The van der Waals surface area contributed by atoms with Crippen molar-refractivity contribution < 1.29 is 13.8 Å². The molecule has 1 amide bonds. The van der Waals surface area contributed by atoms with E-state index in [2.05, 4.69) is 20.6 Å². The first-order chi connectivity index (χ1) is 11.2. The lowest BCUT2D eigenvalue weighted by Crippen LogP contribution is -2.23. The van der Waals surface area contributed by atoms with Crippen molar-refractivity contribution in [1.29, 1.82) is 5.26 Å². The number of carbonyl (C=O) groups excluding carboxylic acids is 1. The van der Waals surface area contributed by atoms with Crippen molar-refractivity contribution in [2.75, 3.05) is 0 Å². The Morgan fingerprint density at radius 3 is 2.91 bits per heavy atom. The molecule has 3 aromatic rings. The molecule has 1 N–H and O–H groups in total. The lowest BCUT2D eigenvalue weighted by atomic mass is 10.1. The molecule has 0 aliphatic rings. The molecule has 0 aliphatic heterocycles. The largest absolute Gasteiger partial charge is 0.361 e. The van der Waals surface area contributed by atoms with Crippen molar-refractivity contribution in [2.24, 2.45) is 0 Å². The van der Waals surface area contributed by atoms with Gasteiger partial charge in [-0.15, -0.1) is 0 Å². The lowest BCUT2D eigenvalue weighted by molar-refractivity contribution is 0.0946. The zero-order valence-corrected chi connectivity index (χ0v) is 12.1. The Bertz CT molecular complexity index is 890. The SMILES string of the molecule is Cc1cc(-c2noc(CNC(=O)c3cccc(C#N)c3)n2)no1. The van der Waals surface area contributed by atoms with Crippen LogP contribution in [0.15, 0.2) is 39.4 Å². The van der Waals surface area contributed by atoms with Crippen LogP contribution in [0.5, 0.6) is 0 Å². The van der Waals surface area contributed by atoms with E-state index in [1.807, 2.05) is 6.07 Å². The van der Waals surface area contributed by atoms with Gasteiger partial charge in [0, 0.05) is 11.6 Å². The van der Waals surface area contributed by atoms with E-state index in [9.17, 15) is 4.79 Å². The van der Waals surface area contributed by atoms with Crippen LogP contribution in [0.25, 0.3) is 11.5 Å². The first-order valence-electron chi connectivity index (χ1n) is 6.70. The van der Waals surface area contributed by atoms with E-state index in [0.717, 1.165) is 0 Å². The van der Waals surface area contributed by atoms with Crippen LogP contribution in [0.2, 0.25) is 0 Å². The van der Waals surface area contributed by atoms with Crippen LogP contribution in [0.1, 0.15) is 27.6 Å². The molecule has 0 bridgehead atoms. The van der Waals surface area contributed by atoms with Gasteiger partial charge in [-0.25, -0.2) is 0 Å². The summed E-state index contributed by atoms with van der Waals surface area (Å²) in [5.41, 5.74) is 1.26. The molecule has 114 valence electrons. The highest BCUT2D eigenvalue weighted by atomic mass is 16.5. The summed E-state index contributed by atoms with van der Waals surface area (Å²) in [7, 11) is 0. The van der Waals surface area contributed by atoms with Gasteiger partial charge in [0.2, 0.25) is 11.7 Å². The molecule has 0 atom stereocenters. The van der Waals surface area contributed by atoms with E-state index in [0.29, 0.717) is 22.6 Å². The Morgan fingerprint density at radius 1 is 1.30 bits per heavy atom. The minimum absolute atomic E-state index is 0.0689. The second kappa shape index (κ2) is 6.11. The Kier molecular flexibility index (Phi) is 3.84. The highest BCUT2D eigenvalue weighted by Crippen LogP contribution is 2.15. The average molecular weight is 309 g/mol.